The van der Waals surface area contributed by atoms with Gasteiger partial charge in [0, 0.05) is 0 Å². The van der Waals surface area contributed by atoms with Gasteiger partial charge in [-0.2, -0.15) is 0 Å². The molecule has 2 rings (SSSR count). The molecule has 0 atom stereocenters. The molecular formula is C21H28N8O2Yb2-2. The van der Waals surface area contributed by atoms with Crippen LogP contribution in [0.25, 0.3) is 0 Å². The first-order valence-electron chi connectivity index (χ1n) is 9.53. The molecule has 0 spiro atoms. The van der Waals surface area contributed by atoms with Crippen LogP contribution in [0.2, 0.25) is 0 Å². The minimum atomic E-state index is -0.219. The Morgan fingerprint density at radius 1 is 0.848 bits per heavy atom. The minimum absolute atomic E-state index is 0.181. The first-order chi connectivity index (χ1) is 15.3. The van der Waals surface area contributed by atoms with Gasteiger partial charge in [-0.25, -0.2) is 0 Å². The summed E-state index contributed by atoms with van der Waals surface area (Å²) in [5.41, 5.74) is 8.18. The second-order valence-corrected chi connectivity index (χ2v) is 9.13. The summed E-state index contributed by atoms with van der Waals surface area (Å²) >= 11 is 5.76. The van der Waals surface area contributed by atoms with E-state index in [1.807, 2.05) is 13.8 Å². The summed E-state index contributed by atoms with van der Waals surface area (Å²) in [5, 5.41) is 3.19. The number of nitrogens with zero attached hydrogens (tertiary/aromatic N) is 6. The predicted molar refractivity (Wildman–Crippen MR) is 120 cm³/mol. The van der Waals surface area contributed by atoms with Crippen molar-refractivity contribution in [3.8, 4) is 0 Å². The molecule has 0 radical (unpaired) electrons. The number of hydrogen-bond acceptors (Lipinski definition) is 8. The number of aromatic nitrogens is 4. The van der Waals surface area contributed by atoms with Crippen molar-refractivity contribution in [3.05, 3.63) is 60.4 Å². The second kappa shape index (κ2) is 14.2. The third-order valence-corrected chi connectivity index (χ3v) is 4.95. The molecule has 194 valence electrons. The third kappa shape index (κ3) is 8.92. The number of nitrogens with one attached hydrogen (secondary N) is 1. The maximum absolute atomic E-state index is 11.9. The van der Waals surface area contributed by atoms with Crippen LogP contribution in [0.1, 0.15) is 57.3 Å². The van der Waals surface area contributed by atoms with Crippen LogP contribution in [0.3, 0.4) is 0 Å². The summed E-state index contributed by atoms with van der Waals surface area (Å²) in [6.45, 7) is 11.7. The first kappa shape index (κ1) is 30.6. The van der Waals surface area contributed by atoms with Crippen molar-refractivity contribution in [2.24, 2.45) is 5.73 Å². The van der Waals surface area contributed by atoms with Crippen molar-refractivity contribution >= 4 is 12.5 Å². The van der Waals surface area contributed by atoms with Crippen LogP contribution < -0.4 is 11.1 Å². The van der Waals surface area contributed by atoms with E-state index in [1.165, 1.54) is 22.5 Å². The molecule has 0 aliphatic heterocycles. The van der Waals surface area contributed by atoms with Crippen molar-refractivity contribution < 1.29 is 97.8 Å². The van der Waals surface area contributed by atoms with Crippen LogP contribution in [0.15, 0.2) is 12.7 Å². The summed E-state index contributed by atoms with van der Waals surface area (Å²) < 4.78 is 1.14. The van der Waals surface area contributed by atoms with Crippen LogP contribution in [0.5, 0.6) is 0 Å². The van der Waals surface area contributed by atoms with Crippen molar-refractivity contribution in [3.63, 3.8) is 0 Å². The van der Waals surface area contributed by atoms with Gasteiger partial charge in [-0.3, -0.25) is 0 Å². The summed E-state index contributed by atoms with van der Waals surface area (Å²) in [4.78, 5) is 42.5. The Kier molecular flexibility index (Phi) is 13.1. The van der Waals surface area contributed by atoms with Gasteiger partial charge in [0.2, 0.25) is 0 Å². The van der Waals surface area contributed by atoms with Crippen molar-refractivity contribution in [2.45, 2.75) is 19.9 Å². The van der Waals surface area contributed by atoms with E-state index in [-0.39, 0.29) is 23.6 Å². The summed E-state index contributed by atoms with van der Waals surface area (Å²) in [6.07, 6.45) is 2.67. The monoisotopic (exact) mass is 772 g/mol. The fraction of sp³-hybridized carbons (Fsp3) is 0.333. The molecule has 10 nitrogen and oxygen atoms in total. The van der Waals surface area contributed by atoms with Gasteiger partial charge in [-0.15, -0.1) is 0 Å². The fourth-order valence-corrected chi connectivity index (χ4v) is 3.49. The molecule has 0 bridgehead atoms. The number of carbonyl (C=O) groups is 2. The van der Waals surface area contributed by atoms with Crippen LogP contribution in [0.4, 0.5) is 0 Å². The molecule has 0 fully saturated rings. The van der Waals surface area contributed by atoms with E-state index in [0.29, 0.717) is 28.6 Å². The van der Waals surface area contributed by atoms with E-state index in [1.54, 1.807) is 28.2 Å². The molecule has 12 heteroatoms. The van der Waals surface area contributed by atoms with E-state index in [4.69, 9.17) is 5.73 Å². The third-order valence-electron chi connectivity index (χ3n) is 3.89. The topological polar surface area (TPSA) is 130 Å². The molecule has 2 aromatic rings. The summed E-state index contributed by atoms with van der Waals surface area (Å²) in [7, 11) is 6.65. The maximum atomic E-state index is 11.9. The Morgan fingerprint density at radius 2 is 1.21 bits per heavy atom. The van der Waals surface area contributed by atoms with Crippen molar-refractivity contribution in [2.75, 3.05) is 28.2 Å². The second-order valence-electron chi connectivity index (χ2n) is 7.34. The molecule has 0 aliphatic carbocycles. The first-order valence-corrected chi connectivity index (χ1v) is 11.2. The van der Waals surface area contributed by atoms with Gasteiger partial charge in [-0.1, -0.05) is 0 Å². The summed E-state index contributed by atoms with van der Waals surface area (Å²) in [6, 6.07) is 0.264. The van der Waals surface area contributed by atoms with Gasteiger partial charge in [0.1, 0.15) is 0 Å². The van der Waals surface area contributed by atoms with E-state index >= 15 is 0 Å². The molecule has 0 aliphatic rings. The van der Waals surface area contributed by atoms with E-state index in [2.05, 4.69) is 127 Å². The zero-order chi connectivity index (χ0) is 25.5. The number of amides is 2. The summed E-state index contributed by atoms with van der Waals surface area (Å²) in [5.74, 6) is -0.400. The quantitative estimate of drug-likeness (QED) is 0.385. The van der Waals surface area contributed by atoms with Gasteiger partial charge >= 0.3 is 260 Å². The number of hydrogen-bond donors (Lipinski definition) is 2. The van der Waals surface area contributed by atoms with E-state index in [9.17, 15) is 9.59 Å². The van der Waals surface area contributed by atoms with Gasteiger partial charge < -0.3 is 0 Å². The zero-order valence-electron chi connectivity index (χ0n) is 19.3. The van der Waals surface area contributed by atoms with Crippen LogP contribution in [-0.4, -0.2) is 76.5 Å². The SMILES string of the molecule is [CH2-]c1c(C(=O)N(C)C)ncnc1[C](=[Yb])NC(C)C.[CH2-]c1c(C(=O)N(C)C)ncnc1[C](N)=[Yb]. The van der Waals surface area contributed by atoms with Gasteiger partial charge in [-0.05, 0) is 0 Å². The van der Waals surface area contributed by atoms with E-state index in [0.717, 1.165) is 0.358 Å². The Hall–Kier alpha value is -0.461. The molecular weight excluding hydrogens is 742 g/mol. The van der Waals surface area contributed by atoms with Crippen molar-refractivity contribution in [1.29, 1.82) is 0 Å². The average molecular weight is 771 g/mol. The number of nitrogens with two attached hydrogens (primary N) is 1. The molecule has 2 amide bonds. The molecule has 3 N–H and O–H groups in total. The molecule has 0 aromatic carbocycles. The molecule has 2 aromatic heterocycles. The number of carbonyl (C=O) groups excluding carboxylic acids is 2. The van der Waals surface area contributed by atoms with E-state index < -0.39 is 0 Å². The normalized spacial score (nSPS) is 10.3. The van der Waals surface area contributed by atoms with Crippen LogP contribution in [0, 0.1) is 102 Å². The standard InChI is InChI=1S/C12H17N4O.C9H11N4O.2Yb/c1-8(2)13-6-10-9(3)11(15-7-14-10)12(17)16(4)5;1-6-7(4-10)11-5-12-8(6)9(14)13(2)3;;/h7-8,13H,3H2,1-2,4-5H3;5H,1,10H2,2-3H3;;/q2*-1;;. The molecule has 0 unspecified atom stereocenters. The molecule has 0 saturated heterocycles. The Balaban J connectivity index is 0.000000335. The van der Waals surface area contributed by atoms with Crippen LogP contribution in [-0.2, 0) is 0 Å². The van der Waals surface area contributed by atoms with Gasteiger partial charge in [0.25, 0.3) is 0 Å². The average Bonchev–Trinajstić information content (AvgIpc) is 2.72. The number of rotatable bonds is 6. The van der Waals surface area contributed by atoms with Crippen LogP contribution >= 0.6 is 0 Å². The molecule has 33 heavy (non-hydrogen) atoms. The van der Waals surface area contributed by atoms with Crippen molar-refractivity contribution in [1.82, 2.24) is 35.1 Å². The predicted octanol–water partition coefficient (Wildman–Crippen LogP) is -0.268. The van der Waals surface area contributed by atoms with Gasteiger partial charge in [0.05, 0.1) is 0 Å². The molecule has 0 saturated carbocycles. The zero-order valence-corrected chi connectivity index (χ0v) is 22.7. The van der Waals surface area contributed by atoms with Gasteiger partial charge in [0.15, 0.2) is 0 Å². The Labute approximate surface area is 255 Å². The molecule has 2 heterocycles. The Morgan fingerprint density at radius 3 is 1.58 bits per heavy atom. The fourth-order valence-electron chi connectivity index (χ4n) is 2.25. The Bertz CT molecular complexity index is 1050.